The highest BCUT2D eigenvalue weighted by Gasteiger charge is 2.55. The lowest BCUT2D eigenvalue weighted by molar-refractivity contribution is 0.0179. The molecule has 2 aromatic carbocycles. The Labute approximate surface area is 174 Å². The Morgan fingerprint density at radius 1 is 1.07 bits per heavy atom. The molecule has 4 fully saturated rings. The van der Waals surface area contributed by atoms with Crippen molar-refractivity contribution in [3.8, 4) is 5.75 Å². The van der Waals surface area contributed by atoms with E-state index in [2.05, 4.69) is 27.2 Å². The van der Waals surface area contributed by atoms with Crippen molar-refractivity contribution in [3.63, 3.8) is 0 Å². The minimum Gasteiger partial charge on any atom is -0.496 e. The fourth-order valence-electron chi connectivity index (χ4n) is 5.70. The van der Waals surface area contributed by atoms with Crippen molar-refractivity contribution in [3.05, 3.63) is 65.2 Å². The number of hydrogen-bond acceptors (Lipinski definition) is 4. The van der Waals surface area contributed by atoms with Crippen LogP contribution in [0.2, 0.25) is 0 Å². The quantitative estimate of drug-likeness (QED) is 0.836. The van der Waals surface area contributed by atoms with Crippen LogP contribution in [0.3, 0.4) is 0 Å². The van der Waals surface area contributed by atoms with Gasteiger partial charge >= 0.3 is 0 Å². The van der Waals surface area contributed by atoms with Crippen molar-refractivity contribution in [2.45, 2.75) is 11.5 Å². The average Bonchev–Trinajstić information content (AvgIpc) is 3.01. The summed E-state index contributed by atoms with van der Waals surface area (Å²) in [4.78, 5) is 18.2. The Kier molecular flexibility index (Phi) is 4.75. The molecule has 30 heavy (non-hydrogen) atoms. The van der Waals surface area contributed by atoms with E-state index in [0.29, 0.717) is 0 Å². The van der Waals surface area contributed by atoms with E-state index in [4.69, 9.17) is 4.74 Å². The predicted octanol–water partition coefficient (Wildman–Crippen LogP) is 2.27. The van der Waals surface area contributed by atoms with E-state index in [-0.39, 0.29) is 28.7 Å². The molecule has 0 aromatic heterocycles. The number of fused-ring (bicyclic) bond motifs is 1. The largest absolute Gasteiger partial charge is 0.496 e. The summed E-state index contributed by atoms with van der Waals surface area (Å²) >= 11 is 0. The molecule has 158 valence electrons. The second kappa shape index (κ2) is 7.32. The first kappa shape index (κ1) is 19.5. The van der Waals surface area contributed by atoms with Crippen LogP contribution in [-0.4, -0.2) is 68.1 Å². The van der Waals surface area contributed by atoms with Crippen LogP contribution >= 0.6 is 0 Å². The van der Waals surface area contributed by atoms with Gasteiger partial charge in [-0.3, -0.25) is 4.79 Å². The van der Waals surface area contributed by atoms with E-state index in [0.717, 1.165) is 45.3 Å². The maximum Gasteiger partial charge on any atom is 0.258 e. The molecule has 4 bridgehead atoms. The minimum atomic E-state index is -1.17. The Morgan fingerprint density at radius 3 is 2.37 bits per heavy atom. The maximum atomic E-state index is 14.6. The Morgan fingerprint density at radius 2 is 1.73 bits per heavy atom. The summed E-state index contributed by atoms with van der Waals surface area (Å²) in [5.41, 5.74) is 0.502. The second-order valence-corrected chi connectivity index (χ2v) is 8.64. The van der Waals surface area contributed by atoms with Crippen LogP contribution in [0.1, 0.15) is 15.9 Å². The first-order chi connectivity index (χ1) is 14.5. The monoisotopic (exact) mass is 413 g/mol. The molecule has 4 heterocycles. The number of carbonyl (C=O) groups is 1. The predicted molar refractivity (Wildman–Crippen MR) is 109 cm³/mol. The molecule has 1 N–H and O–H groups in total. The van der Waals surface area contributed by atoms with E-state index in [1.165, 1.54) is 18.7 Å². The number of amides is 1. The van der Waals surface area contributed by atoms with Gasteiger partial charge in [0.25, 0.3) is 5.91 Å². The molecule has 0 aliphatic carbocycles. The number of carbonyl (C=O) groups excluding carboxylic acids is 1. The van der Waals surface area contributed by atoms with Gasteiger partial charge in [-0.1, -0.05) is 30.3 Å². The number of ether oxygens (including phenoxy) is 1. The van der Waals surface area contributed by atoms with Crippen LogP contribution in [-0.2, 0) is 5.41 Å². The van der Waals surface area contributed by atoms with Gasteiger partial charge in [-0.15, -0.1) is 0 Å². The van der Waals surface area contributed by atoms with E-state index >= 15 is 0 Å². The fourth-order valence-corrected chi connectivity index (χ4v) is 5.70. The third-order valence-corrected chi connectivity index (χ3v) is 6.93. The number of hydrogen-bond donors (Lipinski definition) is 1. The first-order valence-corrected chi connectivity index (χ1v) is 10.3. The van der Waals surface area contributed by atoms with Gasteiger partial charge in [-0.05, 0) is 17.7 Å². The number of nitrogens with one attached hydrogen (secondary N) is 1. The zero-order valence-electron chi connectivity index (χ0n) is 16.9. The highest BCUT2D eigenvalue weighted by atomic mass is 19.2. The molecule has 1 amide bonds. The fraction of sp³-hybridized carbons (Fsp3) is 0.435. The van der Waals surface area contributed by atoms with Crippen LogP contribution in [0.25, 0.3) is 0 Å². The molecule has 7 heteroatoms. The van der Waals surface area contributed by atoms with Crippen LogP contribution in [0.4, 0.5) is 8.78 Å². The molecule has 0 radical (unpaired) electrons. The molecule has 5 nitrogen and oxygen atoms in total. The second-order valence-electron chi connectivity index (χ2n) is 8.64. The number of rotatable bonds is 4. The third-order valence-electron chi connectivity index (χ3n) is 6.93. The van der Waals surface area contributed by atoms with Gasteiger partial charge in [-0.2, -0.15) is 0 Å². The van der Waals surface area contributed by atoms with Gasteiger partial charge < -0.3 is 19.9 Å². The highest BCUT2D eigenvalue weighted by molar-refractivity contribution is 5.97. The summed E-state index contributed by atoms with van der Waals surface area (Å²) in [6.45, 7) is 5.46. The van der Waals surface area contributed by atoms with Crippen LogP contribution in [0.15, 0.2) is 42.5 Å². The molecule has 4 aliphatic rings. The van der Waals surface area contributed by atoms with Crippen LogP contribution in [0.5, 0.6) is 5.75 Å². The van der Waals surface area contributed by atoms with Gasteiger partial charge in [-0.25, -0.2) is 8.78 Å². The number of benzene rings is 2. The summed E-state index contributed by atoms with van der Waals surface area (Å²) in [6, 6.07) is 12.3. The number of halogens is 2. The normalized spacial score (nSPS) is 32.0. The van der Waals surface area contributed by atoms with Crippen molar-refractivity contribution in [1.82, 2.24) is 15.1 Å². The summed E-state index contributed by atoms with van der Waals surface area (Å²) in [6.07, 6.45) is 0. The van der Waals surface area contributed by atoms with Crippen LogP contribution in [0, 0.1) is 17.6 Å². The lowest BCUT2D eigenvalue weighted by atomic mass is 9.64. The van der Waals surface area contributed by atoms with E-state index in [1.54, 1.807) is 0 Å². The van der Waals surface area contributed by atoms with E-state index < -0.39 is 17.5 Å². The van der Waals surface area contributed by atoms with Gasteiger partial charge in [0, 0.05) is 56.6 Å². The SMILES string of the molecule is COc1ccc(F)c(F)c1C(=O)N[C@H]1C2CN3CCN(C2)CC1(c1ccccc1)C3. The van der Waals surface area contributed by atoms with Crippen molar-refractivity contribution in [2.75, 3.05) is 46.4 Å². The lowest BCUT2D eigenvalue weighted by Crippen LogP contribution is -2.70. The van der Waals surface area contributed by atoms with Gasteiger partial charge in [0.15, 0.2) is 11.6 Å². The highest BCUT2D eigenvalue weighted by Crippen LogP contribution is 2.43. The standard InChI is InChI=1S/C23H25F2N3O2/c1-30-18-8-7-17(24)20(25)19(18)22(29)26-21-15-11-27-9-10-28(12-15)14-23(21,13-27)16-5-3-2-4-6-16/h2-8,15,21H,9-14H2,1H3,(H,26,29)/t15?,21-,23?/m0/s1. The molecule has 2 unspecified atom stereocenters. The average molecular weight is 413 g/mol. The Bertz CT molecular complexity index is 952. The molecule has 4 saturated heterocycles. The zero-order chi connectivity index (χ0) is 20.9. The van der Waals surface area contributed by atoms with Crippen molar-refractivity contribution >= 4 is 5.91 Å². The number of nitrogens with zero attached hydrogens (tertiary/aromatic N) is 2. The van der Waals surface area contributed by atoms with E-state index in [1.807, 2.05) is 18.2 Å². The van der Waals surface area contributed by atoms with Gasteiger partial charge in [0.05, 0.1) is 7.11 Å². The van der Waals surface area contributed by atoms with Crippen molar-refractivity contribution < 1.29 is 18.3 Å². The minimum absolute atomic E-state index is 0.0358. The zero-order valence-corrected chi connectivity index (χ0v) is 16.9. The third kappa shape index (κ3) is 2.99. The van der Waals surface area contributed by atoms with Crippen molar-refractivity contribution in [2.24, 2.45) is 5.92 Å². The summed E-state index contributed by atoms with van der Waals surface area (Å²) < 4.78 is 33.6. The molecular weight excluding hydrogens is 388 g/mol. The molecular formula is C23H25F2N3O2. The maximum absolute atomic E-state index is 14.6. The van der Waals surface area contributed by atoms with Crippen molar-refractivity contribution in [1.29, 1.82) is 0 Å². The summed E-state index contributed by atoms with van der Waals surface area (Å²) in [7, 11) is 1.35. The molecule has 4 aliphatic heterocycles. The number of methoxy groups -OCH3 is 1. The summed E-state index contributed by atoms with van der Waals surface area (Å²) in [5, 5.41) is 3.11. The molecule has 3 atom stereocenters. The lowest BCUT2D eigenvalue weighted by Gasteiger charge is -2.55. The topological polar surface area (TPSA) is 44.8 Å². The van der Waals surface area contributed by atoms with Gasteiger partial charge in [0.1, 0.15) is 11.3 Å². The smallest absolute Gasteiger partial charge is 0.258 e. The molecule has 2 aromatic rings. The summed E-state index contributed by atoms with van der Waals surface area (Å²) in [5.74, 6) is -2.61. The molecule has 6 rings (SSSR count). The Balaban J connectivity index is 1.55. The van der Waals surface area contributed by atoms with Crippen LogP contribution < -0.4 is 10.1 Å². The Hall–Kier alpha value is -2.51. The molecule has 0 saturated carbocycles. The number of piperidine rings is 2. The van der Waals surface area contributed by atoms with Gasteiger partial charge in [0.2, 0.25) is 0 Å². The van der Waals surface area contributed by atoms with E-state index in [9.17, 15) is 13.6 Å². The molecule has 0 spiro atoms. The first-order valence-electron chi connectivity index (χ1n) is 10.3.